The number of halogens is 1. The summed E-state index contributed by atoms with van der Waals surface area (Å²) in [6, 6.07) is 0. The summed E-state index contributed by atoms with van der Waals surface area (Å²) in [7, 11) is 0. The molecule has 0 saturated carbocycles. The van der Waals surface area contributed by atoms with Gasteiger partial charge < -0.3 is 5.32 Å². The molecule has 0 aromatic rings. The Labute approximate surface area is 81.1 Å². The molecule has 1 heterocycles. The molecule has 13 heavy (non-hydrogen) atoms. The summed E-state index contributed by atoms with van der Waals surface area (Å²) >= 11 is 0. The van der Waals surface area contributed by atoms with Gasteiger partial charge in [-0.05, 0) is 25.3 Å². The molecule has 0 radical (unpaired) electrons. The maximum absolute atomic E-state index is 13.9. The van der Waals surface area contributed by atoms with Crippen molar-refractivity contribution in [2.45, 2.75) is 45.7 Å². The molecule has 1 fully saturated rings. The molecule has 1 rings (SSSR count). The van der Waals surface area contributed by atoms with Gasteiger partial charge >= 0.3 is 0 Å². The Morgan fingerprint density at radius 2 is 2.08 bits per heavy atom. The SMILES string of the molecule is CCC(CC)C(F)C1CCCNC1. The average Bonchev–Trinajstić information content (AvgIpc) is 2.21. The number of nitrogens with one attached hydrogen (secondary N) is 1. The summed E-state index contributed by atoms with van der Waals surface area (Å²) in [5.41, 5.74) is 0. The Morgan fingerprint density at radius 1 is 1.38 bits per heavy atom. The van der Waals surface area contributed by atoms with E-state index in [2.05, 4.69) is 19.2 Å². The summed E-state index contributed by atoms with van der Waals surface area (Å²) in [4.78, 5) is 0. The van der Waals surface area contributed by atoms with Crippen molar-refractivity contribution in [3.63, 3.8) is 0 Å². The lowest BCUT2D eigenvalue weighted by Gasteiger charge is -2.30. The average molecular weight is 187 g/mol. The zero-order chi connectivity index (χ0) is 9.68. The van der Waals surface area contributed by atoms with Crippen molar-refractivity contribution in [2.24, 2.45) is 11.8 Å². The molecule has 2 unspecified atom stereocenters. The smallest absolute Gasteiger partial charge is 0.107 e. The maximum Gasteiger partial charge on any atom is 0.107 e. The van der Waals surface area contributed by atoms with Crippen LogP contribution in [0.5, 0.6) is 0 Å². The topological polar surface area (TPSA) is 12.0 Å². The summed E-state index contributed by atoms with van der Waals surface area (Å²) in [6.07, 6.45) is 3.60. The van der Waals surface area contributed by atoms with E-state index >= 15 is 0 Å². The highest BCUT2D eigenvalue weighted by molar-refractivity contribution is 4.80. The molecule has 0 spiro atoms. The number of alkyl halides is 1. The van der Waals surface area contributed by atoms with Gasteiger partial charge in [0.1, 0.15) is 6.17 Å². The number of piperidine rings is 1. The third-order valence-corrected chi connectivity index (χ3v) is 3.28. The molecule has 1 saturated heterocycles. The fraction of sp³-hybridized carbons (Fsp3) is 1.00. The van der Waals surface area contributed by atoms with Crippen LogP contribution >= 0.6 is 0 Å². The van der Waals surface area contributed by atoms with Crippen LogP contribution in [0.4, 0.5) is 4.39 Å². The Balaban J connectivity index is 2.38. The minimum atomic E-state index is -0.581. The molecule has 0 amide bonds. The van der Waals surface area contributed by atoms with E-state index in [4.69, 9.17) is 0 Å². The first-order valence-corrected chi connectivity index (χ1v) is 5.64. The van der Waals surface area contributed by atoms with Gasteiger partial charge in [-0.15, -0.1) is 0 Å². The van der Waals surface area contributed by atoms with Gasteiger partial charge in [-0.1, -0.05) is 26.7 Å². The van der Waals surface area contributed by atoms with Gasteiger partial charge in [0, 0.05) is 12.5 Å². The van der Waals surface area contributed by atoms with Crippen LogP contribution in [0.3, 0.4) is 0 Å². The van der Waals surface area contributed by atoms with Gasteiger partial charge in [0.05, 0.1) is 0 Å². The number of rotatable bonds is 4. The Bertz CT molecular complexity index is 128. The van der Waals surface area contributed by atoms with Crippen molar-refractivity contribution < 1.29 is 4.39 Å². The van der Waals surface area contributed by atoms with Gasteiger partial charge in [-0.3, -0.25) is 0 Å². The van der Waals surface area contributed by atoms with E-state index in [1.165, 1.54) is 0 Å². The maximum atomic E-state index is 13.9. The zero-order valence-electron chi connectivity index (χ0n) is 8.85. The quantitative estimate of drug-likeness (QED) is 0.713. The molecule has 78 valence electrons. The second-order valence-electron chi connectivity index (χ2n) is 4.13. The fourth-order valence-corrected chi connectivity index (χ4v) is 2.27. The summed E-state index contributed by atoms with van der Waals surface area (Å²) < 4.78 is 13.9. The highest BCUT2D eigenvalue weighted by Crippen LogP contribution is 2.27. The highest BCUT2D eigenvalue weighted by atomic mass is 19.1. The predicted octanol–water partition coefficient (Wildman–Crippen LogP) is 2.76. The van der Waals surface area contributed by atoms with Gasteiger partial charge in [0.15, 0.2) is 0 Å². The molecule has 0 aliphatic carbocycles. The Hall–Kier alpha value is -0.110. The van der Waals surface area contributed by atoms with E-state index in [-0.39, 0.29) is 11.8 Å². The molecular weight excluding hydrogens is 165 g/mol. The van der Waals surface area contributed by atoms with Crippen LogP contribution in [0.15, 0.2) is 0 Å². The van der Waals surface area contributed by atoms with Gasteiger partial charge in [0.2, 0.25) is 0 Å². The van der Waals surface area contributed by atoms with Crippen LogP contribution in [0.1, 0.15) is 39.5 Å². The number of hydrogen-bond donors (Lipinski definition) is 1. The van der Waals surface area contributed by atoms with E-state index in [0.29, 0.717) is 0 Å². The molecule has 2 heteroatoms. The second-order valence-corrected chi connectivity index (χ2v) is 4.13. The van der Waals surface area contributed by atoms with Crippen LogP contribution in [0.25, 0.3) is 0 Å². The summed E-state index contributed by atoms with van der Waals surface area (Å²) in [6.45, 7) is 6.15. The first kappa shape index (κ1) is 11.0. The van der Waals surface area contributed by atoms with Crippen LogP contribution in [-0.2, 0) is 0 Å². The zero-order valence-corrected chi connectivity index (χ0v) is 8.85. The molecule has 1 aliphatic heterocycles. The van der Waals surface area contributed by atoms with Gasteiger partial charge in [0.25, 0.3) is 0 Å². The monoisotopic (exact) mass is 187 g/mol. The number of hydrogen-bond acceptors (Lipinski definition) is 1. The predicted molar refractivity (Wildman–Crippen MR) is 54.6 cm³/mol. The lowest BCUT2D eigenvalue weighted by Crippen LogP contribution is -2.37. The first-order chi connectivity index (χ1) is 6.29. The van der Waals surface area contributed by atoms with Crippen molar-refractivity contribution in [2.75, 3.05) is 13.1 Å². The second kappa shape index (κ2) is 5.58. The minimum Gasteiger partial charge on any atom is -0.316 e. The Morgan fingerprint density at radius 3 is 2.54 bits per heavy atom. The van der Waals surface area contributed by atoms with E-state index in [0.717, 1.165) is 38.8 Å². The molecule has 1 nitrogen and oxygen atoms in total. The molecule has 0 aromatic heterocycles. The van der Waals surface area contributed by atoms with Crippen molar-refractivity contribution >= 4 is 0 Å². The lowest BCUT2D eigenvalue weighted by atomic mass is 9.84. The highest BCUT2D eigenvalue weighted by Gasteiger charge is 2.28. The normalized spacial score (nSPS) is 26.3. The summed E-state index contributed by atoms with van der Waals surface area (Å²) in [5, 5.41) is 3.28. The van der Waals surface area contributed by atoms with Crippen molar-refractivity contribution in [1.82, 2.24) is 5.32 Å². The third kappa shape index (κ3) is 2.94. The van der Waals surface area contributed by atoms with Crippen molar-refractivity contribution in [3.8, 4) is 0 Å². The molecule has 1 aliphatic rings. The van der Waals surface area contributed by atoms with E-state index in [1.807, 2.05) is 0 Å². The minimum absolute atomic E-state index is 0.277. The lowest BCUT2D eigenvalue weighted by molar-refractivity contribution is 0.121. The first-order valence-electron chi connectivity index (χ1n) is 5.64. The van der Waals surface area contributed by atoms with Crippen LogP contribution < -0.4 is 5.32 Å². The van der Waals surface area contributed by atoms with E-state index in [1.54, 1.807) is 0 Å². The summed E-state index contributed by atoms with van der Waals surface area (Å²) in [5.74, 6) is 0.559. The molecule has 2 atom stereocenters. The van der Waals surface area contributed by atoms with Crippen molar-refractivity contribution in [1.29, 1.82) is 0 Å². The molecule has 1 N–H and O–H groups in total. The standard InChI is InChI=1S/C11H22FN/c1-3-9(4-2)11(12)10-6-5-7-13-8-10/h9-11,13H,3-8H2,1-2H3. The molecule has 0 bridgehead atoms. The van der Waals surface area contributed by atoms with Gasteiger partial charge in [-0.25, -0.2) is 4.39 Å². The van der Waals surface area contributed by atoms with Crippen LogP contribution in [-0.4, -0.2) is 19.3 Å². The molecule has 0 aromatic carbocycles. The fourth-order valence-electron chi connectivity index (χ4n) is 2.27. The van der Waals surface area contributed by atoms with Crippen LogP contribution in [0, 0.1) is 11.8 Å². The van der Waals surface area contributed by atoms with Crippen molar-refractivity contribution in [3.05, 3.63) is 0 Å². The Kier molecular flexibility index (Phi) is 4.71. The van der Waals surface area contributed by atoms with E-state index in [9.17, 15) is 4.39 Å². The van der Waals surface area contributed by atoms with Crippen LogP contribution in [0.2, 0.25) is 0 Å². The van der Waals surface area contributed by atoms with Gasteiger partial charge in [-0.2, -0.15) is 0 Å². The van der Waals surface area contributed by atoms with E-state index < -0.39 is 6.17 Å². The largest absolute Gasteiger partial charge is 0.316 e. The third-order valence-electron chi connectivity index (χ3n) is 3.28. The molecular formula is C11H22FN.